The summed E-state index contributed by atoms with van der Waals surface area (Å²) < 4.78 is 16.0. The van der Waals surface area contributed by atoms with Crippen molar-refractivity contribution in [2.24, 2.45) is 11.8 Å². The second kappa shape index (κ2) is 8.74. The molecule has 2 aliphatic rings. The van der Waals surface area contributed by atoms with E-state index >= 15 is 0 Å². The molecule has 0 radical (unpaired) electrons. The fourth-order valence-electron chi connectivity index (χ4n) is 5.49. The van der Waals surface area contributed by atoms with Crippen LogP contribution in [0, 0.1) is 17.7 Å². The van der Waals surface area contributed by atoms with Crippen molar-refractivity contribution in [3.8, 4) is 11.1 Å². The van der Waals surface area contributed by atoms with Crippen molar-refractivity contribution in [2.45, 2.75) is 18.6 Å². The second-order valence-corrected chi connectivity index (χ2v) is 9.13. The quantitative estimate of drug-likeness (QED) is 0.621. The topological polar surface area (TPSA) is 95.7 Å². The Balaban J connectivity index is 1.69. The van der Waals surface area contributed by atoms with Gasteiger partial charge in [0.2, 0.25) is 5.91 Å². The normalized spacial score (nSPS) is 22.6. The molecule has 0 saturated carbocycles. The number of benzene rings is 1. The van der Waals surface area contributed by atoms with Gasteiger partial charge in [0.25, 0.3) is 11.5 Å². The molecule has 1 aromatic carbocycles. The molecule has 4 atom stereocenters. The third-order valence-corrected chi connectivity index (χ3v) is 7.10. The van der Waals surface area contributed by atoms with E-state index in [1.807, 2.05) is 0 Å². The number of aromatic nitrogens is 2. The molecule has 2 aliphatic heterocycles. The Morgan fingerprint density at radius 2 is 1.80 bits per heavy atom. The summed E-state index contributed by atoms with van der Waals surface area (Å²) >= 11 is 0. The van der Waals surface area contributed by atoms with Gasteiger partial charge in [-0.2, -0.15) is 0 Å². The maximum absolute atomic E-state index is 14.5. The van der Waals surface area contributed by atoms with E-state index in [9.17, 15) is 23.9 Å². The predicted octanol–water partition coefficient (Wildman–Crippen LogP) is 1.94. The minimum Gasteiger partial charge on any atom is -0.396 e. The molecule has 1 saturated heterocycles. The minimum atomic E-state index is -0.760. The molecule has 5 rings (SSSR count). The standard InChI is InChI=1S/C26H25FN4O4/c1-29(2)26(35)22-18(14-32)21-13-30-20(23(22)31(21)24(33)15-9-11-28-12-10-15)8-7-17(25(30)34)16-5-3-4-6-19(16)27/h3-12,18,21-23,32H,13-14H2,1-2H3/t18-,21-,22+,23+/m1/s1. The zero-order valence-corrected chi connectivity index (χ0v) is 19.3. The van der Waals surface area contributed by atoms with Crippen molar-refractivity contribution in [1.29, 1.82) is 0 Å². The molecule has 2 bridgehead atoms. The highest BCUT2D eigenvalue weighted by Gasteiger charge is 2.57. The van der Waals surface area contributed by atoms with Gasteiger partial charge >= 0.3 is 0 Å². The molecule has 0 aliphatic carbocycles. The summed E-state index contributed by atoms with van der Waals surface area (Å²) in [5.74, 6) is -2.35. The first kappa shape index (κ1) is 22.9. The Hall–Kier alpha value is -3.85. The molecule has 180 valence electrons. The maximum atomic E-state index is 14.5. The zero-order chi connectivity index (χ0) is 24.9. The summed E-state index contributed by atoms with van der Waals surface area (Å²) in [5, 5.41) is 10.3. The van der Waals surface area contributed by atoms with Crippen LogP contribution in [0.3, 0.4) is 0 Å². The number of pyridine rings is 2. The Kier molecular flexibility index (Phi) is 5.72. The van der Waals surface area contributed by atoms with Gasteiger partial charge in [-0.3, -0.25) is 19.4 Å². The van der Waals surface area contributed by atoms with Crippen LogP contribution < -0.4 is 5.56 Å². The van der Waals surface area contributed by atoms with E-state index < -0.39 is 35.3 Å². The van der Waals surface area contributed by atoms with Gasteiger partial charge in [-0.05, 0) is 30.3 Å². The highest BCUT2D eigenvalue weighted by molar-refractivity contribution is 5.96. The van der Waals surface area contributed by atoms with Gasteiger partial charge in [0.05, 0.1) is 23.6 Å². The van der Waals surface area contributed by atoms with Crippen molar-refractivity contribution in [3.63, 3.8) is 0 Å². The fraction of sp³-hybridized carbons (Fsp3) is 0.308. The molecule has 3 aromatic rings. The number of fused-ring (bicyclic) bond motifs is 4. The van der Waals surface area contributed by atoms with E-state index in [1.165, 1.54) is 27.9 Å². The van der Waals surface area contributed by atoms with Crippen LogP contribution in [0.4, 0.5) is 4.39 Å². The van der Waals surface area contributed by atoms with E-state index in [0.717, 1.165) is 0 Å². The second-order valence-electron chi connectivity index (χ2n) is 9.13. The number of hydrogen-bond acceptors (Lipinski definition) is 5. The first-order valence-corrected chi connectivity index (χ1v) is 11.4. The number of halogens is 1. The predicted molar refractivity (Wildman–Crippen MR) is 126 cm³/mol. The molecule has 0 unspecified atom stereocenters. The Bertz CT molecular complexity index is 1360. The first-order chi connectivity index (χ1) is 16.8. The molecular weight excluding hydrogens is 451 g/mol. The Morgan fingerprint density at radius 1 is 1.09 bits per heavy atom. The number of amides is 2. The molecule has 8 nitrogen and oxygen atoms in total. The van der Waals surface area contributed by atoms with Crippen molar-refractivity contribution in [3.05, 3.63) is 88.4 Å². The van der Waals surface area contributed by atoms with Gasteiger partial charge in [-0.25, -0.2) is 4.39 Å². The van der Waals surface area contributed by atoms with Gasteiger partial charge in [0, 0.05) is 62.4 Å². The van der Waals surface area contributed by atoms with E-state index in [-0.39, 0.29) is 36.1 Å². The Labute approximate surface area is 201 Å². The summed E-state index contributed by atoms with van der Waals surface area (Å²) in [7, 11) is 3.25. The lowest BCUT2D eigenvalue weighted by atomic mass is 9.86. The number of rotatable bonds is 4. The molecule has 4 heterocycles. The summed E-state index contributed by atoms with van der Waals surface area (Å²) in [6.07, 6.45) is 3.04. The maximum Gasteiger partial charge on any atom is 0.258 e. The number of aliphatic hydroxyl groups excluding tert-OH is 1. The summed E-state index contributed by atoms with van der Waals surface area (Å²) in [6, 6.07) is 11.1. The van der Waals surface area contributed by atoms with Crippen molar-refractivity contribution >= 4 is 11.8 Å². The van der Waals surface area contributed by atoms with Crippen LogP contribution in [0.25, 0.3) is 11.1 Å². The lowest BCUT2D eigenvalue weighted by Crippen LogP contribution is -2.49. The average Bonchev–Trinajstić information content (AvgIpc) is 3.10. The highest BCUT2D eigenvalue weighted by atomic mass is 19.1. The third-order valence-electron chi connectivity index (χ3n) is 7.10. The van der Waals surface area contributed by atoms with E-state index in [4.69, 9.17) is 0 Å². The average molecular weight is 477 g/mol. The van der Waals surface area contributed by atoms with Crippen molar-refractivity contribution < 1.29 is 19.1 Å². The van der Waals surface area contributed by atoms with Gasteiger partial charge in [-0.1, -0.05) is 18.2 Å². The van der Waals surface area contributed by atoms with Crippen LogP contribution >= 0.6 is 0 Å². The van der Waals surface area contributed by atoms with Crippen LogP contribution in [0.15, 0.2) is 65.7 Å². The van der Waals surface area contributed by atoms with E-state index in [1.54, 1.807) is 61.5 Å². The SMILES string of the molecule is CN(C)C(=O)[C@H]1[C@H](CO)[C@H]2Cn3c(ccc(-c4ccccc4F)c3=O)[C@@H]1N2C(=O)c1ccncc1. The van der Waals surface area contributed by atoms with Crippen molar-refractivity contribution in [1.82, 2.24) is 19.4 Å². The molecule has 1 fully saturated rings. The summed E-state index contributed by atoms with van der Waals surface area (Å²) in [4.78, 5) is 47.6. The van der Waals surface area contributed by atoms with Crippen LogP contribution in [0.5, 0.6) is 0 Å². The molecule has 35 heavy (non-hydrogen) atoms. The number of carbonyl (C=O) groups excluding carboxylic acids is 2. The Morgan fingerprint density at radius 3 is 2.46 bits per heavy atom. The molecular formula is C26H25FN4O4. The molecule has 2 aromatic heterocycles. The number of hydrogen-bond donors (Lipinski definition) is 1. The lowest BCUT2D eigenvalue weighted by molar-refractivity contribution is -0.135. The van der Waals surface area contributed by atoms with Crippen molar-refractivity contribution in [2.75, 3.05) is 20.7 Å². The number of aliphatic hydroxyl groups is 1. The highest BCUT2D eigenvalue weighted by Crippen LogP contribution is 2.49. The number of nitrogens with zero attached hydrogens (tertiary/aromatic N) is 4. The third kappa shape index (κ3) is 3.54. The largest absolute Gasteiger partial charge is 0.396 e. The first-order valence-electron chi connectivity index (χ1n) is 11.4. The number of carbonyl (C=O) groups is 2. The van der Waals surface area contributed by atoms with E-state index in [0.29, 0.717) is 11.3 Å². The van der Waals surface area contributed by atoms with Gasteiger partial charge < -0.3 is 19.5 Å². The summed E-state index contributed by atoms with van der Waals surface area (Å²) in [5.41, 5.74) is 0.896. The lowest BCUT2D eigenvalue weighted by Gasteiger charge is -2.38. The van der Waals surface area contributed by atoms with Gasteiger partial charge in [0.15, 0.2) is 0 Å². The zero-order valence-electron chi connectivity index (χ0n) is 19.3. The van der Waals surface area contributed by atoms with Crippen LogP contribution in [-0.2, 0) is 11.3 Å². The molecule has 9 heteroatoms. The molecule has 1 N–H and O–H groups in total. The van der Waals surface area contributed by atoms with Gasteiger partial charge in [0.1, 0.15) is 5.82 Å². The van der Waals surface area contributed by atoms with Crippen LogP contribution in [-0.4, -0.2) is 63.0 Å². The fourth-order valence-corrected chi connectivity index (χ4v) is 5.49. The van der Waals surface area contributed by atoms with Crippen LogP contribution in [0.2, 0.25) is 0 Å². The minimum absolute atomic E-state index is 0.0895. The molecule has 2 amide bonds. The van der Waals surface area contributed by atoms with E-state index in [2.05, 4.69) is 4.98 Å². The smallest absolute Gasteiger partial charge is 0.258 e. The van der Waals surface area contributed by atoms with Crippen LogP contribution in [0.1, 0.15) is 22.1 Å². The molecule has 0 spiro atoms. The monoisotopic (exact) mass is 476 g/mol. The summed E-state index contributed by atoms with van der Waals surface area (Å²) in [6.45, 7) is -0.235. The van der Waals surface area contributed by atoms with Gasteiger partial charge in [-0.15, -0.1) is 0 Å².